The van der Waals surface area contributed by atoms with Crippen molar-refractivity contribution in [2.24, 2.45) is 17.6 Å². The van der Waals surface area contributed by atoms with E-state index in [2.05, 4.69) is 19.2 Å². The number of hydrogen-bond donors (Lipinski definition) is 2. The topological polar surface area (TPSA) is 55.1 Å². The standard InChI is InChI=1S/C12H24N2O/c1-9(2)6-12(15)14-8-10-4-3-5-11(13)7-10/h9-11H,3-8,13H2,1-2H3,(H,14,15). The van der Waals surface area contributed by atoms with Crippen LogP contribution in [0.4, 0.5) is 0 Å². The van der Waals surface area contributed by atoms with E-state index in [-0.39, 0.29) is 5.91 Å². The molecular formula is C12H24N2O. The predicted octanol–water partition coefficient (Wildman–Crippen LogP) is 1.67. The van der Waals surface area contributed by atoms with Gasteiger partial charge in [-0.3, -0.25) is 4.79 Å². The molecule has 3 N–H and O–H groups in total. The van der Waals surface area contributed by atoms with E-state index in [9.17, 15) is 4.79 Å². The number of carbonyl (C=O) groups excluding carboxylic acids is 1. The lowest BCUT2D eigenvalue weighted by Gasteiger charge is -2.26. The normalized spacial score (nSPS) is 26.7. The van der Waals surface area contributed by atoms with Crippen molar-refractivity contribution in [3.8, 4) is 0 Å². The molecule has 2 atom stereocenters. The molecule has 1 amide bonds. The second-order valence-electron chi connectivity index (χ2n) is 5.19. The Kier molecular flexibility index (Phi) is 5.09. The Morgan fingerprint density at radius 3 is 2.80 bits per heavy atom. The maximum Gasteiger partial charge on any atom is 0.220 e. The summed E-state index contributed by atoms with van der Waals surface area (Å²) < 4.78 is 0. The maximum atomic E-state index is 11.4. The molecule has 88 valence electrons. The largest absolute Gasteiger partial charge is 0.356 e. The predicted molar refractivity (Wildman–Crippen MR) is 62.4 cm³/mol. The molecule has 0 radical (unpaired) electrons. The molecule has 1 saturated carbocycles. The molecule has 1 rings (SSSR count). The Labute approximate surface area is 92.8 Å². The highest BCUT2D eigenvalue weighted by molar-refractivity contribution is 5.76. The zero-order valence-electron chi connectivity index (χ0n) is 9.96. The summed E-state index contributed by atoms with van der Waals surface area (Å²) in [6, 6.07) is 0.353. The fourth-order valence-electron chi connectivity index (χ4n) is 2.22. The molecule has 0 spiro atoms. The molecule has 0 aromatic carbocycles. The molecule has 2 unspecified atom stereocenters. The number of hydrogen-bond acceptors (Lipinski definition) is 2. The average molecular weight is 212 g/mol. The van der Waals surface area contributed by atoms with Gasteiger partial charge >= 0.3 is 0 Å². The summed E-state index contributed by atoms with van der Waals surface area (Å²) in [4.78, 5) is 11.4. The summed E-state index contributed by atoms with van der Waals surface area (Å²) in [7, 11) is 0. The average Bonchev–Trinajstić information content (AvgIpc) is 2.14. The van der Waals surface area contributed by atoms with Gasteiger partial charge in [-0.15, -0.1) is 0 Å². The SMILES string of the molecule is CC(C)CC(=O)NCC1CCCC(N)C1. The summed E-state index contributed by atoms with van der Waals surface area (Å²) in [5.74, 6) is 1.23. The van der Waals surface area contributed by atoms with Gasteiger partial charge in [0.15, 0.2) is 0 Å². The van der Waals surface area contributed by atoms with Gasteiger partial charge in [-0.2, -0.15) is 0 Å². The Bertz CT molecular complexity index is 204. The first-order valence-electron chi connectivity index (χ1n) is 6.10. The van der Waals surface area contributed by atoms with Crippen LogP contribution in [0.3, 0.4) is 0 Å². The molecule has 3 nitrogen and oxygen atoms in total. The highest BCUT2D eigenvalue weighted by Crippen LogP contribution is 2.22. The summed E-state index contributed by atoms with van der Waals surface area (Å²) in [5.41, 5.74) is 5.90. The lowest BCUT2D eigenvalue weighted by molar-refractivity contribution is -0.122. The van der Waals surface area contributed by atoms with Crippen molar-refractivity contribution < 1.29 is 4.79 Å². The summed E-state index contributed by atoms with van der Waals surface area (Å²) >= 11 is 0. The van der Waals surface area contributed by atoms with Crippen molar-refractivity contribution in [1.82, 2.24) is 5.32 Å². The van der Waals surface area contributed by atoms with Crippen LogP contribution in [-0.2, 0) is 4.79 Å². The van der Waals surface area contributed by atoms with Crippen LogP contribution in [0.2, 0.25) is 0 Å². The van der Waals surface area contributed by atoms with E-state index in [4.69, 9.17) is 5.73 Å². The highest BCUT2D eigenvalue weighted by Gasteiger charge is 2.19. The van der Waals surface area contributed by atoms with E-state index >= 15 is 0 Å². The van der Waals surface area contributed by atoms with Gasteiger partial charge in [0.2, 0.25) is 5.91 Å². The van der Waals surface area contributed by atoms with E-state index in [0.29, 0.717) is 24.3 Å². The maximum absolute atomic E-state index is 11.4. The minimum Gasteiger partial charge on any atom is -0.356 e. The van der Waals surface area contributed by atoms with Gasteiger partial charge in [-0.1, -0.05) is 20.3 Å². The molecule has 1 fully saturated rings. The second kappa shape index (κ2) is 6.11. The van der Waals surface area contributed by atoms with E-state index in [1.165, 1.54) is 12.8 Å². The monoisotopic (exact) mass is 212 g/mol. The smallest absolute Gasteiger partial charge is 0.220 e. The van der Waals surface area contributed by atoms with Crippen molar-refractivity contribution in [1.29, 1.82) is 0 Å². The van der Waals surface area contributed by atoms with Crippen molar-refractivity contribution in [2.45, 2.75) is 52.0 Å². The summed E-state index contributed by atoms with van der Waals surface area (Å²) in [5, 5.41) is 3.01. The molecule has 3 heteroatoms. The minimum absolute atomic E-state index is 0.184. The third-order valence-electron chi connectivity index (χ3n) is 3.00. The molecule has 0 aromatic heterocycles. The Morgan fingerprint density at radius 2 is 2.20 bits per heavy atom. The van der Waals surface area contributed by atoms with E-state index in [0.717, 1.165) is 19.4 Å². The van der Waals surface area contributed by atoms with Crippen LogP contribution in [-0.4, -0.2) is 18.5 Å². The third kappa shape index (κ3) is 5.17. The van der Waals surface area contributed by atoms with Gasteiger partial charge in [0.05, 0.1) is 0 Å². The third-order valence-corrected chi connectivity index (χ3v) is 3.00. The van der Waals surface area contributed by atoms with Crippen LogP contribution in [0.15, 0.2) is 0 Å². The van der Waals surface area contributed by atoms with E-state index in [1.807, 2.05) is 0 Å². The van der Waals surface area contributed by atoms with Gasteiger partial charge in [0.1, 0.15) is 0 Å². The van der Waals surface area contributed by atoms with E-state index in [1.54, 1.807) is 0 Å². The summed E-state index contributed by atoms with van der Waals surface area (Å²) in [6.45, 7) is 4.95. The molecule has 0 aromatic rings. The minimum atomic E-state index is 0.184. The second-order valence-corrected chi connectivity index (χ2v) is 5.19. The Balaban J connectivity index is 2.16. The lowest BCUT2D eigenvalue weighted by Crippen LogP contribution is -2.35. The van der Waals surface area contributed by atoms with Gasteiger partial charge < -0.3 is 11.1 Å². The molecule has 0 heterocycles. The van der Waals surface area contributed by atoms with Crippen LogP contribution >= 0.6 is 0 Å². The quantitative estimate of drug-likeness (QED) is 0.744. The van der Waals surface area contributed by atoms with Crippen LogP contribution < -0.4 is 11.1 Å². The number of amides is 1. The fraction of sp³-hybridized carbons (Fsp3) is 0.917. The van der Waals surface area contributed by atoms with Crippen molar-refractivity contribution in [2.75, 3.05) is 6.54 Å². The summed E-state index contributed by atoms with van der Waals surface area (Å²) in [6.07, 6.45) is 5.29. The van der Waals surface area contributed by atoms with Crippen LogP contribution in [0.1, 0.15) is 46.0 Å². The highest BCUT2D eigenvalue weighted by atomic mass is 16.1. The van der Waals surface area contributed by atoms with E-state index < -0.39 is 0 Å². The van der Waals surface area contributed by atoms with Crippen molar-refractivity contribution in [3.63, 3.8) is 0 Å². The number of nitrogens with one attached hydrogen (secondary N) is 1. The first-order chi connectivity index (χ1) is 7.08. The van der Waals surface area contributed by atoms with Gasteiger partial charge in [-0.05, 0) is 31.1 Å². The van der Waals surface area contributed by atoms with Crippen LogP contribution in [0, 0.1) is 11.8 Å². The first kappa shape index (κ1) is 12.5. The molecule has 1 aliphatic rings. The zero-order valence-corrected chi connectivity index (χ0v) is 9.96. The van der Waals surface area contributed by atoms with Crippen LogP contribution in [0.5, 0.6) is 0 Å². The fourth-order valence-corrected chi connectivity index (χ4v) is 2.22. The van der Waals surface area contributed by atoms with Crippen LogP contribution in [0.25, 0.3) is 0 Å². The molecule has 0 aliphatic heterocycles. The van der Waals surface area contributed by atoms with Gasteiger partial charge in [0, 0.05) is 19.0 Å². The molecule has 0 bridgehead atoms. The number of nitrogens with two attached hydrogens (primary N) is 1. The molecular weight excluding hydrogens is 188 g/mol. The molecule has 1 aliphatic carbocycles. The first-order valence-corrected chi connectivity index (χ1v) is 6.10. The molecule has 15 heavy (non-hydrogen) atoms. The van der Waals surface area contributed by atoms with Gasteiger partial charge in [0.25, 0.3) is 0 Å². The van der Waals surface area contributed by atoms with Crippen molar-refractivity contribution >= 4 is 5.91 Å². The van der Waals surface area contributed by atoms with Gasteiger partial charge in [-0.25, -0.2) is 0 Å². The Hall–Kier alpha value is -0.570. The number of rotatable bonds is 4. The Morgan fingerprint density at radius 1 is 1.47 bits per heavy atom. The lowest BCUT2D eigenvalue weighted by atomic mass is 9.86. The number of carbonyl (C=O) groups is 1. The molecule has 0 saturated heterocycles. The zero-order chi connectivity index (χ0) is 11.3. The van der Waals surface area contributed by atoms with Crippen molar-refractivity contribution in [3.05, 3.63) is 0 Å².